The lowest BCUT2D eigenvalue weighted by atomic mass is 9.97. The SMILES string of the molecule is COc1ccc(C(=C/C=C/C(=O)NCCCc2cccc3ccncc23)c2ccc(OC)cc2)cc1. The summed E-state index contributed by atoms with van der Waals surface area (Å²) in [5.41, 5.74) is 4.29. The Balaban J connectivity index is 1.39. The molecule has 36 heavy (non-hydrogen) atoms. The van der Waals surface area contributed by atoms with Crippen LogP contribution in [0.2, 0.25) is 0 Å². The third-order valence-electron chi connectivity index (χ3n) is 6.01. The Morgan fingerprint density at radius 1 is 0.889 bits per heavy atom. The van der Waals surface area contributed by atoms with Crippen molar-refractivity contribution in [2.75, 3.05) is 20.8 Å². The van der Waals surface area contributed by atoms with Crippen LogP contribution < -0.4 is 14.8 Å². The Morgan fingerprint density at radius 3 is 2.19 bits per heavy atom. The molecule has 0 fully saturated rings. The van der Waals surface area contributed by atoms with Gasteiger partial charge in [0.15, 0.2) is 0 Å². The maximum Gasteiger partial charge on any atom is 0.243 e. The van der Waals surface area contributed by atoms with E-state index in [1.165, 1.54) is 16.3 Å². The molecule has 4 aromatic rings. The Morgan fingerprint density at radius 2 is 1.56 bits per heavy atom. The number of fused-ring (bicyclic) bond motifs is 1. The molecule has 3 aromatic carbocycles. The van der Waals surface area contributed by atoms with E-state index in [1.807, 2.05) is 73.1 Å². The molecule has 0 bridgehead atoms. The van der Waals surface area contributed by atoms with E-state index in [2.05, 4.69) is 28.5 Å². The van der Waals surface area contributed by atoms with E-state index in [0.29, 0.717) is 6.54 Å². The first kappa shape index (κ1) is 24.7. The smallest absolute Gasteiger partial charge is 0.243 e. The highest BCUT2D eigenvalue weighted by Crippen LogP contribution is 2.27. The van der Waals surface area contributed by atoms with Crippen LogP contribution in [-0.2, 0) is 11.2 Å². The number of aryl methyl sites for hydroxylation is 1. The fourth-order valence-electron chi connectivity index (χ4n) is 4.08. The number of hydrogen-bond donors (Lipinski definition) is 1. The maximum absolute atomic E-state index is 12.4. The van der Waals surface area contributed by atoms with Crippen LogP contribution in [0.5, 0.6) is 11.5 Å². The summed E-state index contributed by atoms with van der Waals surface area (Å²) < 4.78 is 10.6. The highest BCUT2D eigenvalue weighted by molar-refractivity contribution is 5.89. The second kappa shape index (κ2) is 12.4. The minimum Gasteiger partial charge on any atom is -0.497 e. The number of methoxy groups -OCH3 is 2. The van der Waals surface area contributed by atoms with Gasteiger partial charge in [0.2, 0.25) is 5.91 Å². The van der Waals surface area contributed by atoms with E-state index >= 15 is 0 Å². The zero-order valence-corrected chi connectivity index (χ0v) is 20.6. The summed E-state index contributed by atoms with van der Waals surface area (Å²) >= 11 is 0. The van der Waals surface area contributed by atoms with Gasteiger partial charge in [0.05, 0.1) is 14.2 Å². The van der Waals surface area contributed by atoms with Crippen molar-refractivity contribution < 1.29 is 14.3 Å². The molecule has 1 amide bonds. The molecule has 0 aliphatic heterocycles. The van der Waals surface area contributed by atoms with Gasteiger partial charge in [-0.05, 0) is 70.8 Å². The second-order valence-corrected chi connectivity index (χ2v) is 8.30. The molecular weight excluding hydrogens is 448 g/mol. The summed E-state index contributed by atoms with van der Waals surface area (Å²) in [5.74, 6) is 1.47. The molecule has 182 valence electrons. The molecule has 1 heterocycles. The third-order valence-corrected chi connectivity index (χ3v) is 6.01. The first-order valence-electron chi connectivity index (χ1n) is 11.9. The van der Waals surface area contributed by atoms with Gasteiger partial charge >= 0.3 is 0 Å². The number of rotatable bonds is 10. The molecule has 0 aliphatic carbocycles. The normalized spacial score (nSPS) is 10.8. The molecule has 0 unspecified atom stereocenters. The minimum atomic E-state index is -0.116. The average Bonchev–Trinajstić information content (AvgIpc) is 2.94. The molecule has 0 saturated heterocycles. The maximum atomic E-state index is 12.4. The standard InChI is InChI=1S/C31H30N2O3/c1-35-27-15-11-25(12-16-27)29(26-13-17-28(36-2)18-14-26)9-4-10-31(34)33-20-5-8-23-6-3-7-24-19-21-32-22-30(23)24/h3-4,6-7,9-19,21-22H,5,8,20H2,1-2H3,(H,33,34)/b10-4+. The molecule has 0 spiro atoms. The van der Waals surface area contributed by atoms with Crippen molar-refractivity contribution in [3.63, 3.8) is 0 Å². The largest absolute Gasteiger partial charge is 0.497 e. The topological polar surface area (TPSA) is 60.5 Å². The molecule has 1 aromatic heterocycles. The monoisotopic (exact) mass is 478 g/mol. The third kappa shape index (κ3) is 6.39. The van der Waals surface area contributed by atoms with Crippen molar-refractivity contribution in [2.45, 2.75) is 12.8 Å². The number of carbonyl (C=O) groups excluding carboxylic acids is 1. The van der Waals surface area contributed by atoms with Crippen molar-refractivity contribution in [3.05, 3.63) is 120 Å². The summed E-state index contributed by atoms with van der Waals surface area (Å²) in [6, 6.07) is 24.0. The Labute approximate surface area is 212 Å². The highest BCUT2D eigenvalue weighted by atomic mass is 16.5. The highest BCUT2D eigenvalue weighted by Gasteiger charge is 2.06. The van der Waals surface area contributed by atoms with Gasteiger partial charge in [-0.2, -0.15) is 0 Å². The number of nitrogens with one attached hydrogen (secondary N) is 1. The first-order chi connectivity index (χ1) is 17.7. The number of carbonyl (C=O) groups is 1. The Kier molecular flexibility index (Phi) is 8.49. The molecule has 5 heteroatoms. The van der Waals surface area contributed by atoms with Crippen LogP contribution in [0.3, 0.4) is 0 Å². The number of aromatic nitrogens is 1. The fourth-order valence-corrected chi connectivity index (χ4v) is 4.08. The predicted octanol–water partition coefficient (Wildman–Crippen LogP) is 5.99. The predicted molar refractivity (Wildman–Crippen MR) is 145 cm³/mol. The van der Waals surface area contributed by atoms with Crippen molar-refractivity contribution in [2.24, 2.45) is 0 Å². The van der Waals surface area contributed by atoms with Gasteiger partial charge in [-0.25, -0.2) is 0 Å². The van der Waals surface area contributed by atoms with Gasteiger partial charge in [0.1, 0.15) is 11.5 Å². The number of benzene rings is 3. The Bertz CT molecular complexity index is 1300. The average molecular weight is 479 g/mol. The van der Waals surface area contributed by atoms with Gasteiger partial charge in [-0.3, -0.25) is 9.78 Å². The zero-order chi connectivity index (χ0) is 25.2. The van der Waals surface area contributed by atoms with Crippen molar-refractivity contribution >= 4 is 22.3 Å². The molecular formula is C31H30N2O3. The van der Waals surface area contributed by atoms with Crippen LogP contribution in [0.25, 0.3) is 16.3 Å². The van der Waals surface area contributed by atoms with Crippen LogP contribution in [0.15, 0.2) is 103 Å². The van der Waals surface area contributed by atoms with E-state index in [4.69, 9.17) is 9.47 Å². The van der Waals surface area contributed by atoms with Crippen molar-refractivity contribution in [3.8, 4) is 11.5 Å². The number of pyridine rings is 1. The van der Waals surface area contributed by atoms with Crippen LogP contribution in [0, 0.1) is 0 Å². The van der Waals surface area contributed by atoms with Gasteiger partial charge in [0.25, 0.3) is 0 Å². The molecule has 4 rings (SSSR count). The van der Waals surface area contributed by atoms with Crippen molar-refractivity contribution in [1.82, 2.24) is 10.3 Å². The van der Waals surface area contributed by atoms with E-state index in [0.717, 1.165) is 41.0 Å². The quantitative estimate of drug-likeness (QED) is 0.173. The number of nitrogens with zero attached hydrogens (tertiary/aromatic N) is 1. The summed E-state index contributed by atoms with van der Waals surface area (Å²) in [4.78, 5) is 16.7. The number of allylic oxidation sites excluding steroid dienone is 2. The second-order valence-electron chi connectivity index (χ2n) is 8.30. The van der Waals surface area contributed by atoms with E-state index in [9.17, 15) is 4.79 Å². The van der Waals surface area contributed by atoms with Gasteiger partial charge < -0.3 is 14.8 Å². The zero-order valence-electron chi connectivity index (χ0n) is 20.6. The minimum absolute atomic E-state index is 0.116. The summed E-state index contributed by atoms with van der Waals surface area (Å²) in [6.45, 7) is 0.605. The lowest BCUT2D eigenvalue weighted by Crippen LogP contribution is -2.22. The fraction of sp³-hybridized carbons (Fsp3) is 0.161. The Hall–Kier alpha value is -4.38. The molecule has 0 aliphatic rings. The van der Waals surface area contributed by atoms with E-state index in [-0.39, 0.29) is 5.91 Å². The van der Waals surface area contributed by atoms with Gasteiger partial charge in [0, 0.05) is 30.4 Å². The van der Waals surface area contributed by atoms with Crippen LogP contribution in [0.1, 0.15) is 23.1 Å². The molecule has 0 atom stereocenters. The van der Waals surface area contributed by atoms with Crippen molar-refractivity contribution in [1.29, 1.82) is 0 Å². The summed E-state index contributed by atoms with van der Waals surface area (Å²) in [6.07, 6.45) is 10.7. The number of amides is 1. The number of ether oxygens (including phenoxy) is 2. The summed E-state index contributed by atoms with van der Waals surface area (Å²) in [7, 11) is 3.30. The van der Waals surface area contributed by atoms with Crippen LogP contribution >= 0.6 is 0 Å². The van der Waals surface area contributed by atoms with Gasteiger partial charge in [-0.15, -0.1) is 0 Å². The molecule has 0 saturated carbocycles. The molecule has 1 N–H and O–H groups in total. The van der Waals surface area contributed by atoms with E-state index in [1.54, 1.807) is 26.4 Å². The molecule has 5 nitrogen and oxygen atoms in total. The van der Waals surface area contributed by atoms with E-state index < -0.39 is 0 Å². The summed E-state index contributed by atoms with van der Waals surface area (Å²) in [5, 5.41) is 5.33. The lowest BCUT2D eigenvalue weighted by molar-refractivity contribution is -0.116. The number of hydrogen-bond acceptors (Lipinski definition) is 4. The lowest BCUT2D eigenvalue weighted by Gasteiger charge is -2.10. The first-order valence-corrected chi connectivity index (χ1v) is 11.9. The molecule has 0 radical (unpaired) electrons. The van der Waals surface area contributed by atoms with Crippen LogP contribution in [-0.4, -0.2) is 31.7 Å². The van der Waals surface area contributed by atoms with Gasteiger partial charge in [-0.1, -0.05) is 54.6 Å². The van der Waals surface area contributed by atoms with Crippen LogP contribution in [0.4, 0.5) is 0 Å².